The Kier molecular flexibility index (Phi) is 1.30. The summed E-state index contributed by atoms with van der Waals surface area (Å²) in [6.45, 7) is 2.92. The third kappa shape index (κ3) is 0.925. The first-order valence-electron chi connectivity index (χ1n) is 4.31. The van der Waals surface area contributed by atoms with E-state index in [0.29, 0.717) is 0 Å². The van der Waals surface area contributed by atoms with Gasteiger partial charge in [0.15, 0.2) is 5.82 Å². The molecule has 0 atom stereocenters. The third-order valence-electron chi connectivity index (χ3n) is 2.43. The van der Waals surface area contributed by atoms with Crippen molar-refractivity contribution >= 4 is 5.84 Å². The van der Waals surface area contributed by atoms with Crippen LogP contribution in [-0.2, 0) is 4.94 Å². The van der Waals surface area contributed by atoms with Crippen molar-refractivity contribution in [3.05, 3.63) is 12.0 Å². The van der Waals surface area contributed by atoms with Gasteiger partial charge in [-0.2, -0.15) is 0 Å². The molecule has 0 bridgehead atoms. The molecule has 0 aromatic heterocycles. The highest BCUT2D eigenvalue weighted by molar-refractivity contribution is 5.87. The van der Waals surface area contributed by atoms with E-state index in [-0.39, 0.29) is 0 Å². The zero-order valence-corrected chi connectivity index (χ0v) is 7.40. The lowest BCUT2D eigenvalue weighted by atomic mass is 10.3. The number of amidine groups is 1. The van der Waals surface area contributed by atoms with E-state index < -0.39 is 0 Å². The Morgan fingerprint density at radius 1 is 1.54 bits per heavy atom. The fourth-order valence-electron chi connectivity index (χ4n) is 1.73. The van der Waals surface area contributed by atoms with Gasteiger partial charge in [0.25, 0.3) is 0 Å². The number of nitrogens with one attached hydrogen (secondary N) is 1. The molecule has 0 radical (unpaired) electrons. The normalized spacial score (nSPS) is 26.5. The first kappa shape index (κ1) is 7.16. The summed E-state index contributed by atoms with van der Waals surface area (Å²) in [5.41, 5.74) is 2.67. The molecule has 3 rings (SSSR count). The first-order valence-corrected chi connectivity index (χ1v) is 4.31. The molecule has 13 heavy (non-hydrogen) atoms. The van der Waals surface area contributed by atoms with Crippen molar-refractivity contribution in [3.63, 3.8) is 0 Å². The number of hydrogen-bond donors (Lipinski definition) is 1. The molecule has 1 N–H and O–H groups in total. The van der Waals surface area contributed by atoms with Crippen LogP contribution in [0.5, 0.6) is 0 Å². The summed E-state index contributed by atoms with van der Waals surface area (Å²) < 4.78 is 0. The fraction of sp³-hybridized carbons (Fsp3) is 0.571. The topological polar surface area (TPSA) is 43.3 Å². The molecule has 0 unspecified atom stereocenters. The Morgan fingerprint density at radius 2 is 2.46 bits per heavy atom. The predicted molar refractivity (Wildman–Crippen MR) is 45.8 cm³/mol. The van der Waals surface area contributed by atoms with Gasteiger partial charge in [0.05, 0.1) is 12.7 Å². The lowest BCUT2D eigenvalue weighted by Crippen LogP contribution is -2.46. The average molecular weight is 181 g/mol. The maximum Gasteiger partial charge on any atom is 0.182 e. The summed E-state index contributed by atoms with van der Waals surface area (Å²) in [5.74, 6) is 2.05. The number of nitrogens with zero attached hydrogens (tertiary/aromatic N) is 4. The molecular formula is C7H11N5O. The Morgan fingerprint density at radius 3 is 3.38 bits per heavy atom. The van der Waals surface area contributed by atoms with Crippen molar-refractivity contribution < 1.29 is 4.94 Å². The monoisotopic (exact) mass is 181 g/mol. The molecular weight excluding hydrogens is 170 g/mol. The van der Waals surface area contributed by atoms with Gasteiger partial charge in [-0.15, -0.1) is 10.0 Å². The summed E-state index contributed by atoms with van der Waals surface area (Å²) >= 11 is 0. The highest BCUT2D eigenvalue weighted by Crippen LogP contribution is 2.24. The van der Waals surface area contributed by atoms with E-state index in [1.54, 1.807) is 0 Å². The second-order valence-electron chi connectivity index (χ2n) is 3.39. The largest absolute Gasteiger partial charge is 0.307 e. The van der Waals surface area contributed by atoms with Crippen LogP contribution in [0.1, 0.15) is 0 Å². The smallest absolute Gasteiger partial charge is 0.182 e. The Labute approximate surface area is 75.9 Å². The number of rotatable bonds is 0. The van der Waals surface area contributed by atoms with Crippen LogP contribution in [0.4, 0.5) is 0 Å². The SMILES string of the molecule is CN1CCN2C3=CNON3N=C2C1. The van der Waals surface area contributed by atoms with Crippen molar-refractivity contribution in [2.45, 2.75) is 0 Å². The third-order valence-corrected chi connectivity index (χ3v) is 2.43. The lowest BCUT2D eigenvalue weighted by Gasteiger charge is -2.30. The van der Waals surface area contributed by atoms with Gasteiger partial charge in [0.2, 0.25) is 0 Å². The highest BCUT2D eigenvalue weighted by Gasteiger charge is 2.35. The molecule has 70 valence electrons. The minimum atomic E-state index is 0.886. The molecule has 3 heterocycles. The van der Waals surface area contributed by atoms with E-state index in [1.165, 1.54) is 5.17 Å². The number of piperazine rings is 1. The van der Waals surface area contributed by atoms with Gasteiger partial charge in [-0.1, -0.05) is 5.17 Å². The Hall–Kier alpha value is -1.27. The van der Waals surface area contributed by atoms with Crippen LogP contribution in [0.3, 0.4) is 0 Å². The van der Waals surface area contributed by atoms with Gasteiger partial charge < -0.3 is 4.90 Å². The number of fused-ring (bicyclic) bond motifs is 3. The summed E-state index contributed by atoms with van der Waals surface area (Å²) in [7, 11) is 2.09. The van der Waals surface area contributed by atoms with E-state index in [0.717, 1.165) is 31.3 Å². The number of hydrogen-bond acceptors (Lipinski definition) is 6. The van der Waals surface area contributed by atoms with Crippen molar-refractivity contribution in [1.29, 1.82) is 0 Å². The molecule has 0 amide bonds. The molecule has 1 fully saturated rings. The number of hydrazone groups is 1. The maximum atomic E-state index is 5.05. The Bertz CT molecular complexity index is 299. The number of likely N-dealkylation sites (N-methyl/N-ethyl adjacent to an activating group) is 1. The van der Waals surface area contributed by atoms with E-state index in [2.05, 4.69) is 27.4 Å². The zero-order valence-electron chi connectivity index (χ0n) is 7.40. The van der Waals surface area contributed by atoms with Crippen LogP contribution in [0.15, 0.2) is 17.1 Å². The van der Waals surface area contributed by atoms with E-state index in [4.69, 9.17) is 4.94 Å². The van der Waals surface area contributed by atoms with Gasteiger partial charge in [0.1, 0.15) is 5.84 Å². The Balaban J connectivity index is 1.90. The van der Waals surface area contributed by atoms with Crippen LogP contribution in [0, 0.1) is 0 Å². The van der Waals surface area contributed by atoms with Crippen molar-refractivity contribution in [1.82, 2.24) is 20.5 Å². The van der Waals surface area contributed by atoms with Crippen molar-refractivity contribution in [2.24, 2.45) is 5.10 Å². The van der Waals surface area contributed by atoms with Gasteiger partial charge in [-0.25, -0.2) is 5.48 Å². The van der Waals surface area contributed by atoms with Crippen molar-refractivity contribution in [3.8, 4) is 0 Å². The van der Waals surface area contributed by atoms with Gasteiger partial charge in [0, 0.05) is 13.1 Å². The molecule has 0 saturated carbocycles. The van der Waals surface area contributed by atoms with Crippen LogP contribution in [0.2, 0.25) is 0 Å². The molecule has 0 spiro atoms. The zero-order chi connectivity index (χ0) is 8.84. The average Bonchev–Trinajstić information content (AvgIpc) is 2.62. The van der Waals surface area contributed by atoms with Crippen LogP contribution >= 0.6 is 0 Å². The van der Waals surface area contributed by atoms with Crippen molar-refractivity contribution in [2.75, 3.05) is 26.7 Å². The van der Waals surface area contributed by atoms with Crippen LogP contribution in [0.25, 0.3) is 0 Å². The van der Waals surface area contributed by atoms with Crippen LogP contribution in [-0.4, -0.2) is 47.5 Å². The minimum Gasteiger partial charge on any atom is -0.307 e. The van der Waals surface area contributed by atoms with E-state index in [9.17, 15) is 0 Å². The van der Waals surface area contributed by atoms with E-state index >= 15 is 0 Å². The fourth-order valence-corrected chi connectivity index (χ4v) is 1.73. The highest BCUT2D eigenvalue weighted by atomic mass is 16.8. The molecule has 3 aliphatic heterocycles. The molecule has 3 aliphatic rings. The first-order chi connectivity index (χ1) is 6.34. The molecule has 0 aromatic rings. The van der Waals surface area contributed by atoms with Gasteiger partial charge >= 0.3 is 0 Å². The molecule has 0 aromatic carbocycles. The molecule has 1 saturated heterocycles. The molecule has 6 nitrogen and oxygen atoms in total. The minimum absolute atomic E-state index is 0.886. The second kappa shape index (κ2) is 2.36. The van der Waals surface area contributed by atoms with E-state index in [1.807, 2.05) is 6.20 Å². The summed E-state index contributed by atoms with van der Waals surface area (Å²) in [4.78, 5) is 9.46. The summed E-state index contributed by atoms with van der Waals surface area (Å²) in [6.07, 6.45) is 1.82. The van der Waals surface area contributed by atoms with Gasteiger partial charge in [-0.05, 0) is 7.05 Å². The van der Waals surface area contributed by atoms with Crippen LogP contribution < -0.4 is 5.48 Å². The van der Waals surface area contributed by atoms with Gasteiger partial charge in [-0.3, -0.25) is 4.90 Å². The summed E-state index contributed by atoms with van der Waals surface area (Å²) in [5, 5.41) is 5.83. The number of hydroxylamine groups is 2. The summed E-state index contributed by atoms with van der Waals surface area (Å²) in [6, 6.07) is 0. The maximum absolute atomic E-state index is 5.05. The predicted octanol–water partition coefficient (Wildman–Crippen LogP) is -0.888. The lowest BCUT2D eigenvalue weighted by molar-refractivity contribution is -0.151. The second-order valence-corrected chi connectivity index (χ2v) is 3.39. The quantitative estimate of drug-likeness (QED) is 0.525. The molecule has 0 aliphatic carbocycles. The standard InChI is InChI=1S/C7H11N5O/c1-10-2-3-11-6(5-10)9-12-7(11)4-8-13-12/h4,8H,2-3,5H2,1H3. The molecule has 6 heteroatoms.